The van der Waals surface area contributed by atoms with Crippen LogP contribution in [-0.2, 0) is 20.7 Å². The van der Waals surface area contributed by atoms with Gasteiger partial charge in [-0.2, -0.15) is 0 Å². The van der Waals surface area contributed by atoms with Crippen LogP contribution in [0.2, 0.25) is 0 Å². The van der Waals surface area contributed by atoms with Gasteiger partial charge in [-0.15, -0.1) is 6.58 Å². The molecule has 0 aliphatic rings. The monoisotopic (exact) mass is 315 g/mol. The molecule has 0 aliphatic heterocycles. The van der Waals surface area contributed by atoms with Gasteiger partial charge in [0.1, 0.15) is 0 Å². The highest BCUT2D eigenvalue weighted by Crippen LogP contribution is 2.11. The Balaban J connectivity index is 2.61. The fourth-order valence-corrected chi connectivity index (χ4v) is 2.25. The SMILES string of the molecule is C=CCN(CCc1cccc(C)c1)C(=O)C(=C)CCC(=O)OC. The third kappa shape index (κ3) is 6.51. The minimum absolute atomic E-state index is 0.138. The van der Waals surface area contributed by atoms with Gasteiger partial charge in [0.2, 0.25) is 5.91 Å². The van der Waals surface area contributed by atoms with Crippen LogP contribution in [0.15, 0.2) is 49.1 Å². The van der Waals surface area contributed by atoms with Gasteiger partial charge in [0.05, 0.1) is 7.11 Å². The van der Waals surface area contributed by atoms with Crippen LogP contribution in [0.1, 0.15) is 24.0 Å². The molecule has 0 aromatic heterocycles. The van der Waals surface area contributed by atoms with E-state index in [4.69, 9.17) is 0 Å². The summed E-state index contributed by atoms with van der Waals surface area (Å²) in [7, 11) is 1.33. The first-order valence-electron chi connectivity index (χ1n) is 7.68. The maximum absolute atomic E-state index is 12.4. The van der Waals surface area contributed by atoms with E-state index in [0.29, 0.717) is 25.1 Å². The minimum atomic E-state index is -0.339. The van der Waals surface area contributed by atoms with Crippen LogP contribution in [0, 0.1) is 6.92 Å². The normalized spacial score (nSPS) is 10.0. The lowest BCUT2D eigenvalue weighted by Gasteiger charge is -2.22. The number of carbonyl (C=O) groups excluding carboxylic acids is 2. The highest BCUT2D eigenvalue weighted by Gasteiger charge is 2.16. The molecule has 0 N–H and O–H groups in total. The summed E-state index contributed by atoms with van der Waals surface area (Å²) in [5.41, 5.74) is 2.81. The molecule has 1 aromatic carbocycles. The van der Waals surface area contributed by atoms with Crippen molar-refractivity contribution in [2.24, 2.45) is 0 Å². The number of hydrogen-bond acceptors (Lipinski definition) is 3. The zero-order valence-electron chi connectivity index (χ0n) is 14.0. The van der Waals surface area contributed by atoms with Gasteiger partial charge < -0.3 is 9.64 Å². The van der Waals surface area contributed by atoms with E-state index >= 15 is 0 Å². The quantitative estimate of drug-likeness (QED) is 0.400. The van der Waals surface area contributed by atoms with Gasteiger partial charge in [0.15, 0.2) is 0 Å². The molecule has 0 atom stereocenters. The third-order valence-electron chi connectivity index (χ3n) is 3.55. The van der Waals surface area contributed by atoms with Crippen molar-refractivity contribution in [3.05, 3.63) is 60.2 Å². The Hall–Kier alpha value is -2.36. The predicted octanol–water partition coefficient (Wildman–Crippen LogP) is 3.06. The molecule has 0 bridgehead atoms. The largest absolute Gasteiger partial charge is 0.469 e. The number of rotatable bonds is 9. The number of methoxy groups -OCH3 is 1. The number of hydrogen-bond donors (Lipinski definition) is 0. The zero-order chi connectivity index (χ0) is 17.2. The predicted molar refractivity (Wildman–Crippen MR) is 92.1 cm³/mol. The van der Waals surface area contributed by atoms with Crippen molar-refractivity contribution in [3.8, 4) is 0 Å². The van der Waals surface area contributed by atoms with Crippen molar-refractivity contribution in [1.82, 2.24) is 4.90 Å². The number of aryl methyl sites for hydroxylation is 1. The molecule has 0 fully saturated rings. The Kier molecular flexibility index (Phi) is 7.81. The van der Waals surface area contributed by atoms with Gasteiger partial charge in [-0.05, 0) is 25.3 Å². The van der Waals surface area contributed by atoms with Gasteiger partial charge in [-0.25, -0.2) is 0 Å². The molecule has 0 saturated carbocycles. The van der Waals surface area contributed by atoms with E-state index in [-0.39, 0.29) is 18.3 Å². The first-order valence-corrected chi connectivity index (χ1v) is 7.68. The molecule has 1 amide bonds. The van der Waals surface area contributed by atoms with Gasteiger partial charge in [0, 0.05) is 25.1 Å². The van der Waals surface area contributed by atoms with Crippen molar-refractivity contribution in [3.63, 3.8) is 0 Å². The lowest BCUT2D eigenvalue weighted by atomic mass is 10.1. The van der Waals surface area contributed by atoms with Crippen LogP contribution in [-0.4, -0.2) is 37.0 Å². The second kappa shape index (κ2) is 9.62. The number of esters is 1. The Morgan fingerprint density at radius 1 is 1.30 bits per heavy atom. The molecule has 0 saturated heterocycles. The van der Waals surface area contributed by atoms with Crippen LogP contribution in [0.5, 0.6) is 0 Å². The first-order chi connectivity index (χ1) is 11.0. The number of nitrogens with zero attached hydrogens (tertiary/aromatic N) is 1. The number of ether oxygens (including phenoxy) is 1. The van der Waals surface area contributed by atoms with E-state index in [9.17, 15) is 9.59 Å². The highest BCUT2D eigenvalue weighted by atomic mass is 16.5. The molecule has 1 aromatic rings. The van der Waals surface area contributed by atoms with Crippen molar-refractivity contribution < 1.29 is 14.3 Å². The standard InChI is InChI=1S/C19H25NO3/c1-5-12-20(13-11-17-8-6-7-15(2)14-17)19(22)16(3)9-10-18(21)23-4/h5-8,14H,1,3,9-13H2,2,4H3. The van der Waals surface area contributed by atoms with E-state index in [1.54, 1.807) is 11.0 Å². The number of amides is 1. The highest BCUT2D eigenvalue weighted by molar-refractivity contribution is 5.93. The fourth-order valence-electron chi connectivity index (χ4n) is 2.25. The Morgan fingerprint density at radius 3 is 2.65 bits per heavy atom. The van der Waals surface area contributed by atoms with Gasteiger partial charge in [-0.1, -0.05) is 42.5 Å². The lowest BCUT2D eigenvalue weighted by Crippen LogP contribution is -2.34. The Morgan fingerprint density at radius 2 is 2.04 bits per heavy atom. The maximum atomic E-state index is 12.4. The molecule has 0 spiro atoms. The van der Waals surface area contributed by atoms with E-state index in [0.717, 1.165) is 6.42 Å². The summed E-state index contributed by atoms with van der Waals surface area (Å²) in [6, 6.07) is 8.22. The first kappa shape index (κ1) is 18.7. The summed E-state index contributed by atoms with van der Waals surface area (Å²) in [5, 5.41) is 0. The number of benzene rings is 1. The molecule has 0 aliphatic carbocycles. The molecular formula is C19H25NO3. The van der Waals surface area contributed by atoms with Crippen molar-refractivity contribution in [2.45, 2.75) is 26.2 Å². The van der Waals surface area contributed by atoms with E-state index in [1.807, 2.05) is 19.1 Å². The smallest absolute Gasteiger partial charge is 0.305 e. The number of carbonyl (C=O) groups is 2. The average molecular weight is 315 g/mol. The van der Waals surface area contributed by atoms with Crippen LogP contribution >= 0.6 is 0 Å². The Labute approximate surface area is 138 Å². The molecule has 23 heavy (non-hydrogen) atoms. The van der Waals surface area contributed by atoms with Gasteiger partial charge in [0.25, 0.3) is 0 Å². The summed E-state index contributed by atoms with van der Waals surface area (Å²) >= 11 is 0. The van der Waals surface area contributed by atoms with Crippen LogP contribution in [0.25, 0.3) is 0 Å². The lowest BCUT2D eigenvalue weighted by molar-refractivity contribution is -0.140. The second-order valence-corrected chi connectivity index (χ2v) is 5.46. The van der Waals surface area contributed by atoms with Crippen molar-refractivity contribution in [1.29, 1.82) is 0 Å². The molecule has 0 radical (unpaired) electrons. The van der Waals surface area contributed by atoms with Gasteiger partial charge in [-0.3, -0.25) is 9.59 Å². The molecular weight excluding hydrogens is 290 g/mol. The van der Waals surface area contributed by atoms with E-state index < -0.39 is 0 Å². The average Bonchev–Trinajstić information content (AvgIpc) is 2.55. The minimum Gasteiger partial charge on any atom is -0.469 e. The van der Waals surface area contributed by atoms with E-state index in [1.165, 1.54) is 18.2 Å². The zero-order valence-corrected chi connectivity index (χ0v) is 14.0. The Bertz CT molecular complexity index is 578. The van der Waals surface area contributed by atoms with Crippen molar-refractivity contribution in [2.75, 3.05) is 20.2 Å². The summed E-state index contributed by atoms with van der Waals surface area (Å²) in [6.45, 7) is 10.6. The molecule has 4 heteroatoms. The molecule has 1 rings (SSSR count). The molecule has 4 nitrogen and oxygen atoms in total. The van der Waals surface area contributed by atoms with Crippen LogP contribution in [0.3, 0.4) is 0 Å². The molecule has 0 unspecified atom stereocenters. The third-order valence-corrected chi connectivity index (χ3v) is 3.55. The summed E-state index contributed by atoms with van der Waals surface area (Å²) in [5.74, 6) is -0.476. The summed E-state index contributed by atoms with van der Waals surface area (Å²) in [4.78, 5) is 25.3. The fraction of sp³-hybridized carbons (Fsp3) is 0.368. The molecule has 124 valence electrons. The van der Waals surface area contributed by atoms with Gasteiger partial charge >= 0.3 is 5.97 Å². The van der Waals surface area contributed by atoms with E-state index in [2.05, 4.69) is 30.0 Å². The van der Waals surface area contributed by atoms with Crippen LogP contribution in [0.4, 0.5) is 0 Å². The van der Waals surface area contributed by atoms with Crippen LogP contribution < -0.4 is 0 Å². The summed E-state index contributed by atoms with van der Waals surface area (Å²) in [6.07, 6.45) is 2.94. The maximum Gasteiger partial charge on any atom is 0.305 e. The molecule has 0 heterocycles. The summed E-state index contributed by atoms with van der Waals surface area (Å²) < 4.78 is 4.58. The topological polar surface area (TPSA) is 46.6 Å². The second-order valence-electron chi connectivity index (χ2n) is 5.46. The van der Waals surface area contributed by atoms with Crippen molar-refractivity contribution >= 4 is 11.9 Å².